The zero-order valence-corrected chi connectivity index (χ0v) is 10.6. The summed E-state index contributed by atoms with van der Waals surface area (Å²) in [5.74, 6) is 0. The van der Waals surface area contributed by atoms with E-state index in [-0.39, 0.29) is 52.8 Å². The molecular weight excluding hydrogens is 187 g/mol. The second-order valence-corrected chi connectivity index (χ2v) is 2.43. The zero-order chi connectivity index (χ0) is 8.23. The van der Waals surface area contributed by atoms with Crippen LogP contribution in [0.3, 0.4) is 0 Å². The van der Waals surface area contributed by atoms with Crippen LogP contribution in [0.25, 0.3) is 11.4 Å². The average molecular weight is 196 g/mol. The van der Waals surface area contributed by atoms with E-state index in [9.17, 15) is 0 Å². The molecule has 13 heavy (non-hydrogen) atoms. The van der Waals surface area contributed by atoms with Crippen molar-refractivity contribution >= 4 is 0 Å². The number of hydrogen-bond acceptors (Lipinski definition) is 2. The van der Waals surface area contributed by atoms with Gasteiger partial charge in [-0.1, -0.05) is 12.1 Å². The van der Waals surface area contributed by atoms with E-state index in [0.29, 0.717) is 0 Å². The fourth-order valence-corrected chi connectivity index (χ4v) is 1.03. The Bertz CT molecular complexity index is 316. The van der Waals surface area contributed by atoms with Crippen molar-refractivity contribution in [2.45, 2.75) is 0 Å². The van der Waals surface area contributed by atoms with Gasteiger partial charge in [0.05, 0.1) is 11.4 Å². The molecule has 0 spiro atoms. The molecule has 0 fully saturated rings. The summed E-state index contributed by atoms with van der Waals surface area (Å²) in [5.41, 5.74) is 1.83. The van der Waals surface area contributed by atoms with Crippen LogP contribution in [0.5, 0.6) is 0 Å². The summed E-state index contributed by atoms with van der Waals surface area (Å²) in [6.07, 6.45) is 3.54. The van der Waals surface area contributed by atoms with E-state index in [1.807, 2.05) is 36.4 Å². The molecular formula is C10H9KN2. The summed E-state index contributed by atoms with van der Waals surface area (Å²) in [4.78, 5) is 8.37. The van der Waals surface area contributed by atoms with E-state index in [0.717, 1.165) is 11.4 Å². The van der Waals surface area contributed by atoms with Gasteiger partial charge in [-0.25, -0.2) is 0 Å². The molecule has 0 aliphatic heterocycles. The van der Waals surface area contributed by atoms with Crippen molar-refractivity contribution in [2.75, 3.05) is 0 Å². The van der Waals surface area contributed by atoms with Crippen LogP contribution in [0.2, 0.25) is 0 Å². The molecule has 0 radical (unpaired) electrons. The second-order valence-electron chi connectivity index (χ2n) is 2.43. The van der Waals surface area contributed by atoms with Crippen molar-refractivity contribution in [2.24, 2.45) is 0 Å². The van der Waals surface area contributed by atoms with E-state index >= 15 is 0 Å². The predicted molar refractivity (Wildman–Crippen MR) is 48.6 cm³/mol. The summed E-state index contributed by atoms with van der Waals surface area (Å²) in [5, 5.41) is 0. The third kappa shape index (κ3) is 2.97. The summed E-state index contributed by atoms with van der Waals surface area (Å²) in [7, 11) is 0. The molecule has 60 valence electrons. The molecule has 0 aromatic carbocycles. The molecule has 0 bridgehead atoms. The van der Waals surface area contributed by atoms with Gasteiger partial charge in [-0.2, -0.15) is 0 Å². The van der Waals surface area contributed by atoms with Crippen molar-refractivity contribution in [3.63, 3.8) is 0 Å². The van der Waals surface area contributed by atoms with Crippen LogP contribution in [0.15, 0.2) is 48.8 Å². The molecule has 0 atom stereocenters. The third-order valence-corrected chi connectivity index (χ3v) is 1.59. The van der Waals surface area contributed by atoms with Gasteiger partial charge in [0.1, 0.15) is 0 Å². The van der Waals surface area contributed by atoms with E-state index < -0.39 is 0 Å². The van der Waals surface area contributed by atoms with Crippen LogP contribution in [0, 0.1) is 0 Å². The van der Waals surface area contributed by atoms with Gasteiger partial charge in [0, 0.05) is 12.4 Å². The molecule has 2 nitrogen and oxygen atoms in total. The molecule has 2 rings (SSSR count). The SMILES string of the molecule is [H-].[K+].c1ccc(-c2ccccn2)nc1. The van der Waals surface area contributed by atoms with Gasteiger partial charge >= 0.3 is 51.4 Å². The fraction of sp³-hybridized carbons (Fsp3) is 0. The first-order valence-corrected chi connectivity index (χ1v) is 3.79. The first-order valence-electron chi connectivity index (χ1n) is 3.79. The average Bonchev–Trinajstić information content (AvgIpc) is 2.21. The monoisotopic (exact) mass is 196 g/mol. The van der Waals surface area contributed by atoms with Gasteiger partial charge in [0.2, 0.25) is 0 Å². The molecule has 0 saturated heterocycles. The van der Waals surface area contributed by atoms with Crippen molar-refractivity contribution in [1.82, 2.24) is 9.97 Å². The minimum Gasteiger partial charge on any atom is -1.00 e. The molecule has 2 aromatic heterocycles. The van der Waals surface area contributed by atoms with E-state index in [1.165, 1.54) is 0 Å². The van der Waals surface area contributed by atoms with Crippen LogP contribution >= 0.6 is 0 Å². The second kappa shape index (κ2) is 5.62. The molecule has 0 amide bonds. The smallest absolute Gasteiger partial charge is 1.00 e. The minimum atomic E-state index is 0. The maximum absolute atomic E-state index is 4.19. The summed E-state index contributed by atoms with van der Waals surface area (Å²) in [6, 6.07) is 11.6. The first kappa shape index (κ1) is 11.0. The molecule has 0 unspecified atom stereocenters. The Balaban J connectivity index is 0.000000845. The molecule has 0 aliphatic rings. The van der Waals surface area contributed by atoms with Crippen molar-refractivity contribution in [3.8, 4) is 11.4 Å². The van der Waals surface area contributed by atoms with Gasteiger partial charge in [0.25, 0.3) is 0 Å². The molecule has 0 saturated carbocycles. The van der Waals surface area contributed by atoms with Crippen molar-refractivity contribution in [3.05, 3.63) is 48.8 Å². The van der Waals surface area contributed by atoms with E-state index in [4.69, 9.17) is 0 Å². The number of hydrogen-bond donors (Lipinski definition) is 0. The summed E-state index contributed by atoms with van der Waals surface area (Å²) < 4.78 is 0. The van der Waals surface area contributed by atoms with Gasteiger partial charge in [-0.05, 0) is 24.3 Å². The van der Waals surface area contributed by atoms with E-state index in [1.54, 1.807) is 12.4 Å². The van der Waals surface area contributed by atoms with Gasteiger partial charge in [0.15, 0.2) is 0 Å². The normalized spacial score (nSPS) is 8.92. The Kier molecular flexibility index (Phi) is 4.76. The van der Waals surface area contributed by atoms with Gasteiger partial charge in [-0.15, -0.1) is 0 Å². The Morgan fingerprint density at radius 2 is 1.23 bits per heavy atom. The van der Waals surface area contributed by atoms with Crippen molar-refractivity contribution < 1.29 is 52.8 Å². The standard InChI is InChI=1S/C10H8N2.K.H/c1-3-7-11-9(5-1)10-6-2-4-8-12-10;;/h1-8H;;/q;+1;-1. The zero-order valence-electron chi connectivity index (χ0n) is 8.51. The Morgan fingerprint density at radius 1 is 0.769 bits per heavy atom. The van der Waals surface area contributed by atoms with E-state index in [2.05, 4.69) is 9.97 Å². The first-order chi connectivity index (χ1) is 5.97. The summed E-state index contributed by atoms with van der Waals surface area (Å²) >= 11 is 0. The number of nitrogens with zero attached hydrogens (tertiary/aromatic N) is 2. The summed E-state index contributed by atoms with van der Waals surface area (Å²) in [6.45, 7) is 0. The van der Waals surface area contributed by atoms with Crippen LogP contribution < -0.4 is 51.4 Å². The molecule has 2 heterocycles. The van der Waals surface area contributed by atoms with Crippen LogP contribution in [0.1, 0.15) is 1.43 Å². The van der Waals surface area contributed by atoms with Gasteiger partial charge < -0.3 is 1.43 Å². The largest absolute Gasteiger partial charge is 1.00 e. The van der Waals surface area contributed by atoms with Crippen LogP contribution in [-0.4, -0.2) is 9.97 Å². The molecule has 3 heteroatoms. The Hall–Kier alpha value is -0.0636. The predicted octanol–water partition coefficient (Wildman–Crippen LogP) is -0.740. The number of pyridine rings is 2. The quantitative estimate of drug-likeness (QED) is 0.562. The van der Waals surface area contributed by atoms with Gasteiger partial charge in [-0.3, -0.25) is 9.97 Å². The van der Waals surface area contributed by atoms with Crippen LogP contribution in [0.4, 0.5) is 0 Å². The van der Waals surface area contributed by atoms with Crippen molar-refractivity contribution in [1.29, 1.82) is 0 Å². The maximum Gasteiger partial charge on any atom is 1.00 e. The molecule has 2 aromatic rings. The molecule has 0 aliphatic carbocycles. The number of aromatic nitrogens is 2. The van der Waals surface area contributed by atoms with Crippen LogP contribution in [-0.2, 0) is 0 Å². The topological polar surface area (TPSA) is 25.8 Å². The Labute approximate surface area is 121 Å². The number of rotatable bonds is 1. The Morgan fingerprint density at radius 3 is 1.54 bits per heavy atom. The minimum absolute atomic E-state index is 0. The third-order valence-electron chi connectivity index (χ3n) is 1.59. The molecule has 0 N–H and O–H groups in total. The maximum atomic E-state index is 4.19. The fourth-order valence-electron chi connectivity index (χ4n) is 1.03.